The summed E-state index contributed by atoms with van der Waals surface area (Å²) in [6.45, 7) is 0. The van der Waals surface area contributed by atoms with Crippen LogP contribution in [0, 0.1) is 0 Å². The fourth-order valence-electron chi connectivity index (χ4n) is 1.58. The van der Waals surface area contributed by atoms with Crippen LogP contribution in [0.1, 0.15) is 0 Å². The highest BCUT2D eigenvalue weighted by molar-refractivity contribution is 8.02. The van der Waals surface area contributed by atoms with Crippen molar-refractivity contribution in [3.63, 3.8) is 0 Å². The van der Waals surface area contributed by atoms with Crippen LogP contribution in [-0.2, 0) is 9.47 Å². The Hall–Kier alpha value is -0.150. The minimum atomic E-state index is -5.50. The number of hydrogen-bond acceptors (Lipinski definition) is 3. The Morgan fingerprint density at radius 2 is 1.31 bits per heavy atom. The maximum atomic E-state index is 12.6. The summed E-state index contributed by atoms with van der Waals surface area (Å²) in [5.41, 5.74) is 0. The summed E-state index contributed by atoms with van der Waals surface area (Å²) >= 11 is -0.277. The van der Waals surface area contributed by atoms with Gasteiger partial charge in [0.25, 0.3) is 4.75 Å². The Morgan fingerprint density at radius 3 is 1.38 bits per heavy atom. The molecule has 0 N–H and O–H groups in total. The van der Waals surface area contributed by atoms with E-state index in [4.69, 9.17) is 0 Å². The highest BCUT2D eigenvalue weighted by atomic mass is 32.2. The molecule has 0 aromatic heterocycles. The second-order valence-electron chi connectivity index (χ2n) is 3.13. The second-order valence-corrected chi connectivity index (χ2v) is 4.32. The molecule has 1 fully saturated rings. The maximum Gasteiger partial charge on any atom is 0.417 e. The SMILES string of the molecule is COC1(OC)CSC1(C(F)(F)F)C(F)(F)F. The Bertz CT molecular complexity index is 250. The smallest absolute Gasteiger partial charge is 0.351 e. The van der Waals surface area contributed by atoms with E-state index in [2.05, 4.69) is 9.47 Å². The number of halogens is 6. The maximum absolute atomic E-state index is 12.6. The van der Waals surface area contributed by atoms with Gasteiger partial charge in [-0.1, -0.05) is 0 Å². The van der Waals surface area contributed by atoms with Crippen LogP contribution < -0.4 is 0 Å². The summed E-state index contributed by atoms with van der Waals surface area (Å²) in [5.74, 6) is -3.23. The van der Waals surface area contributed by atoms with Crippen molar-refractivity contribution < 1.29 is 35.8 Å². The molecule has 0 aliphatic carbocycles. The molecule has 0 amide bonds. The van der Waals surface area contributed by atoms with E-state index in [1.807, 2.05) is 0 Å². The summed E-state index contributed by atoms with van der Waals surface area (Å²) in [6, 6.07) is 0. The number of hydrogen-bond donors (Lipinski definition) is 0. The van der Waals surface area contributed by atoms with Gasteiger partial charge in [0.1, 0.15) is 0 Å². The number of alkyl halides is 6. The molecular weight excluding hydrogens is 262 g/mol. The van der Waals surface area contributed by atoms with Gasteiger partial charge in [-0.3, -0.25) is 0 Å². The Balaban J connectivity index is 3.29. The second kappa shape index (κ2) is 3.67. The lowest BCUT2D eigenvalue weighted by Crippen LogP contribution is -2.77. The van der Waals surface area contributed by atoms with Crippen LogP contribution in [0.2, 0.25) is 0 Å². The third-order valence-electron chi connectivity index (χ3n) is 2.47. The number of rotatable bonds is 2. The summed E-state index contributed by atoms with van der Waals surface area (Å²) in [6.07, 6.45) is -11.0. The van der Waals surface area contributed by atoms with Gasteiger partial charge in [-0.15, -0.1) is 11.8 Å². The van der Waals surface area contributed by atoms with Crippen molar-refractivity contribution in [3.05, 3.63) is 0 Å². The van der Waals surface area contributed by atoms with Crippen LogP contribution in [0.4, 0.5) is 26.3 Å². The van der Waals surface area contributed by atoms with Crippen LogP contribution in [0.5, 0.6) is 0 Å². The fourth-order valence-corrected chi connectivity index (χ4v) is 2.98. The van der Waals surface area contributed by atoms with E-state index in [0.29, 0.717) is 0 Å². The van der Waals surface area contributed by atoms with Gasteiger partial charge < -0.3 is 9.47 Å². The van der Waals surface area contributed by atoms with Crippen molar-refractivity contribution in [2.45, 2.75) is 22.9 Å². The molecule has 9 heteroatoms. The fraction of sp³-hybridized carbons (Fsp3) is 1.00. The first-order valence-electron chi connectivity index (χ1n) is 3.95. The molecule has 0 aromatic rings. The Labute approximate surface area is 91.3 Å². The normalized spacial score (nSPS) is 24.0. The van der Waals surface area contributed by atoms with E-state index in [0.717, 1.165) is 14.2 Å². The van der Waals surface area contributed by atoms with Gasteiger partial charge in [0.15, 0.2) is 0 Å². The zero-order chi connectivity index (χ0) is 12.8. The van der Waals surface area contributed by atoms with Gasteiger partial charge in [0.05, 0.1) is 5.75 Å². The Morgan fingerprint density at radius 1 is 0.938 bits per heavy atom. The quantitative estimate of drug-likeness (QED) is 0.567. The van der Waals surface area contributed by atoms with Crippen molar-refractivity contribution in [2.75, 3.05) is 20.0 Å². The molecule has 1 aliphatic heterocycles. The van der Waals surface area contributed by atoms with Gasteiger partial charge in [-0.05, 0) is 0 Å². The van der Waals surface area contributed by atoms with Crippen LogP contribution in [0.3, 0.4) is 0 Å². The molecule has 2 nitrogen and oxygen atoms in total. The minimum Gasteiger partial charge on any atom is -0.351 e. The lowest BCUT2D eigenvalue weighted by molar-refractivity contribution is -0.365. The zero-order valence-corrected chi connectivity index (χ0v) is 9.02. The molecule has 0 bridgehead atoms. The number of thioether (sulfide) groups is 1. The summed E-state index contributed by atoms with van der Waals surface area (Å²) in [7, 11) is 1.52. The molecule has 16 heavy (non-hydrogen) atoms. The molecule has 1 saturated heterocycles. The highest BCUT2D eigenvalue weighted by Gasteiger charge is 2.86. The van der Waals surface area contributed by atoms with E-state index in [9.17, 15) is 26.3 Å². The first-order chi connectivity index (χ1) is 7.08. The molecule has 1 heterocycles. The zero-order valence-electron chi connectivity index (χ0n) is 8.20. The Kier molecular flexibility index (Phi) is 3.19. The highest BCUT2D eigenvalue weighted by Crippen LogP contribution is 2.66. The molecule has 1 aliphatic rings. The summed E-state index contributed by atoms with van der Waals surface area (Å²) in [5, 5.41) is 0. The predicted octanol–water partition coefficient (Wildman–Crippen LogP) is 2.59. The van der Waals surface area contributed by atoms with Crippen molar-refractivity contribution in [2.24, 2.45) is 0 Å². The predicted molar refractivity (Wildman–Crippen MR) is 44.0 cm³/mol. The third-order valence-corrected chi connectivity index (χ3v) is 4.20. The molecule has 0 aromatic carbocycles. The monoisotopic (exact) mass is 270 g/mol. The molecule has 0 spiro atoms. The molecule has 96 valence electrons. The topological polar surface area (TPSA) is 18.5 Å². The largest absolute Gasteiger partial charge is 0.417 e. The van der Waals surface area contributed by atoms with Crippen LogP contribution >= 0.6 is 11.8 Å². The summed E-state index contributed by atoms with van der Waals surface area (Å²) < 4.78 is 80.3. The van der Waals surface area contributed by atoms with Gasteiger partial charge in [0, 0.05) is 14.2 Å². The van der Waals surface area contributed by atoms with Gasteiger partial charge in [0.2, 0.25) is 5.79 Å². The standard InChI is InChI=1S/C7H8F6O2S/c1-14-4(15-2)3-16-5(4,6(8,9)10)7(11,12)13/h3H2,1-2H3. The summed E-state index contributed by atoms with van der Waals surface area (Å²) in [4.78, 5) is 0. The molecule has 1 rings (SSSR count). The first kappa shape index (κ1) is 13.9. The van der Waals surface area contributed by atoms with Crippen LogP contribution in [0.15, 0.2) is 0 Å². The van der Waals surface area contributed by atoms with Crippen LogP contribution in [0.25, 0.3) is 0 Å². The van der Waals surface area contributed by atoms with Gasteiger partial charge >= 0.3 is 12.4 Å². The van der Waals surface area contributed by atoms with Gasteiger partial charge in [-0.2, -0.15) is 26.3 Å². The minimum absolute atomic E-state index is 0.277. The van der Waals surface area contributed by atoms with Gasteiger partial charge in [-0.25, -0.2) is 0 Å². The van der Waals surface area contributed by atoms with Crippen molar-refractivity contribution in [1.82, 2.24) is 0 Å². The van der Waals surface area contributed by atoms with E-state index in [1.165, 1.54) is 0 Å². The molecule has 0 saturated carbocycles. The number of ether oxygens (including phenoxy) is 2. The van der Waals surface area contributed by atoms with E-state index >= 15 is 0 Å². The van der Waals surface area contributed by atoms with E-state index in [1.54, 1.807) is 0 Å². The molecule has 0 atom stereocenters. The average Bonchev–Trinajstić information content (AvgIpc) is 1.99. The average molecular weight is 270 g/mol. The van der Waals surface area contributed by atoms with Crippen molar-refractivity contribution >= 4 is 11.8 Å². The van der Waals surface area contributed by atoms with Crippen LogP contribution in [-0.4, -0.2) is 42.9 Å². The number of methoxy groups -OCH3 is 2. The van der Waals surface area contributed by atoms with Crippen molar-refractivity contribution in [3.8, 4) is 0 Å². The van der Waals surface area contributed by atoms with Crippen molar-refractivity contribution in [1.29, 1.82) is 0 Å². The van der Waals surface area contributed by atoms with E-state index < -0.39 is 28.6 Å². The lowest BCUT2D eigenvalue weighted by Gasteiger charge is -2.55. The molecular formula is C7H8F6O2S. The van der Waals surface area contributed by atoms with E-state index in [-0.39, 0.29) is 11.8 Å². The molecule has 0 radical (unpaired) electrons. The third kappa shape index (κ3) is 1.44. The molecule has 0 unspecified atom stereocenters. The lowest BCUT2D eigenvalue weighted by atomic mass is 9.95. The first-order valence-corrected chi connectivity index (χ1v) is 4.94.